The summed E-state index contributed by atoms with van der Waals surface area (Å²) < 4.78 is 0. The maximum atomic E-state index is 11.5. The van der Waals surface area contributed by atoms with E-state index in [0.29, 0.717) is 0 Å². The molecule has 14 heavy (non-hydrogen) atoms. The molecular formula is C11H14LiNO. The maximum Gasteiger partial charge on any atom is 1.00 e. The van der Waals surface area contributed by atoms with Crippen LogP contribution in [-0.4, -0.2) is 5.91 Å². The second-order valence-corrected chi connectivity index (χ2v) is 4.00. The number of carbonyl (C=O) groups excluding carboxylic acids is 1. The van der Waals surface area contributed by atoms with E-state index in [0.717, 1.165) is 5.36 Å². The van der Waals surface area contributed by atoms with E-state index in [1.807, 2.05) is 51.1 Å². The molecule has 0 N–H and O–H groups in total. The van der Waals surface area contributed by atoms with Gasteiger partial charge in [-0.15, -0.1) is 12.1 Å². The molecule has 0 aliphatic rings. The third kappa shape index (κ3) is 4.00. The Morgan fingerprint density at radius 2 is 2.00 bits per heavy atom. The zero-order valence-electron chi connectivity index (χ0n) is 9.24. The molecule has 0 aliphatic heterocycles. The van der Waals surface area contributed by atoms with E-state index in [9.17, 15) is 4.79 Å². The van der Waals surface area contributed by atoms with Gasteiger partial charge in [0.15, 0.2) is 0 Å². The second-order valence-electron chi connectivity index (χ2n) is 4.00. The second kappa shape index (κ2) is 5.24. The first-order valence-electron chi connectivity index (χ1n) is 4.31. The standard InChI is InChI=1S/C11H14NO.Li/c1-11(2,3)10(13)12-9-7-5-4-6-8-9;/h4-8H,1-3H3;/q-1;+1. The van der Waals surface area contributed by atoms with Gasteiger partial charge in [0.05, 0.1) is 0 Å². The number of benzene rings is 1. The van der Waals surface area contributed by atoms with Gasteiger partial charge in [-0.1, -0.05) is 20.8 Å². The number of para-hydroxylation sites is 1. The molecule has 0 saturated carbocycles. The number of nitrogens with zero attached hydrogens (tertiary/aromatic N) is 1. The van der Waals surface area contributed by atoms with Crippen LogP contribution in [-0.2, 0) is 4.79 Å². The molecule has 0 aliphatic carbocycles. The fourth-order valence-electron chi connectivity index (χ4n) is 0.787. The van der Waals surface area contributed by atoms with E-state index in [-0.39, 0.29) is 24.8 Å². The number of hydrogen-bond donors (Lipinski definition) is 0. The van der Waals surface area contributed by atoms with Crippen LogP contribution in [0.5, 0.6) is 0 Å². The first-order chi connectivity index (χ1) is 6.00. The summed E-state index contributed by atoms with van der Waals surface area (Å²) in [5.74, 6) is -0.0845. The summed E-state index contributed by atoms with van der Waals surface area (Å²) in [5, 5.41) is 0.724. The minimum Gasteiger partial charge on any atom is -0.272 e. The van der Waals surface area contributed by atoms with E-state index in [2.05, 4.69) is 4.99 Å². The SMILES string of the molecule is CC(C)(C)C(=O)N=c1cccc[cH-]1.[Li+]. The fourth-order valence-corrected chi connectivity index (χ4v) is 0.787. The quantitative estimate of drug-likeness (QED) is 0.370. The van der Waals surface area contributed by atoms with Gasteiger partial charge in [0.25, 0.3) is 0 Å². The van der Waals surface area contributed by atoms with Crippen molar-refractivity contribution in [2.24, 2.45) is 10.4 Å². The Hall–Kier alpha value is -0.713. The van der Waals surface area contributed by atoms with Crippen LogP contribution in [0.1, 0.15) is 20.8 Å². The van der Waals surface area contributed by atoms with Crippen LogP contribution >= 0.6 is 0 Å². The van der Waals surface area contributed by atoms with Gasteiger partial charge in [-0.05, 0) is 5.36 Å². The van der Waals surface area contributed by atoms with Crippen LogP contribution in [0.2, 0.25) is 0 Å². The van der Waals surface area contributed by atoms with Crippen molar-refractivity contribution < 1.29 is 23.7 Å². The number of hydrogen-bond acceptors (Lipinski definition) is 1. The van der Waals surface area contributed by atoms with E-state index in [4.69, 9.17) is 0 Å². The molecule has 1 amide bonds. The molecule has 0 saturated heterocycles. The van der Waals surface area contributed by atoms with Crippen LogP contribution in [0.15, 0.2) is 35.3 Å². The first-order valence-corrected chi connectivity index (χ1v) is 4.31. The smallest absolute Gasteiger partial charge is 0.272 e. The predicted octanol–water partition coefficient (Wildman–Crippen LogP) is -1.12. The zero-order valence-corrected chi connectivity index (χ0v) is 9.24. The molecule has 0 fully saturated rings. The van der Waals surface area contributed by atoms with E-state index >= 15 is 0 Å². The Morgan fingerprint density at radius 1 is 1.36 bits per heavy atom. The summed E-state index contributed by atoms with van der Waals surface area (Å²) in [5.41, 5.74) is -0.393. The molecule has 1 aromatic rings. The first kappa shape index (κ1) is 13.3. The monoisotopic (exact) mass is 183 g/mol. The van der Waals surface area contributed by atoms with Gasteiger partial charge in [-0.2, -0.15) is 18.2 Å². The van der Waals surface area contributed by atoms with Crippen molar-refractivity contribution in [2.45, 2.75) is 20.8 Å². The van der Waals surface area contributed by atoms with Crippen LogP contribution in [0.4, 0.5) is 0 Å². The van der Waals surface area contributed by atoms with Crippen molar-refractivity contribution in [1.29, 1.82) is 0 Å². The van der Waals surface area contributed by atoms with Crippen LogP contribution in [0, 0.1) is 5.41 Å². The Kier molecular flexibility index (Phi) is 4.97. The minimum atomic E-state index is -0.393. The van der Waals surface area contributed by atoms with E-state index < -0.39 is 5.41 Å². The largest absolute Gasteiger partial charge is 1.00 e. The van der Waals surface area contributed by atoms with Gasteiger partial charge in [-0.3, -0.25) is 4.79 Å². The molecule has 0 heterocycles. The van der Waals surface area contributed by atoms with Crippen molar-refractivity contribution in [3.8, 4) is 0 Å². The van der Waals surface area contributed by atoms with E-state index in [1.54, 1.807) is 0 Å². The number of carbonyl (C=O) groups is 1. The average molecular weight is 183 g/mol. The van der Waals surface area contributed by atoms with Gasteiger partial charge in [-0.25, -0.2) is 4.99 Å². The van der Waals surface area contributed by atoms with Gasteiger partial charge in [0.1, 0.15) is 0 Å². The molecule has 70 valence electrons. The van der Waals surface area contributed by atoms with Crippen molar-refractivity contribution in [1.82, 2.24) is 0 Å². The number of rotatable bonds is 0. The van der Waals surface area contributed by atoms with Gasteiger partial charge < -0.3 is 0 Å². The summed E-state index contributed by atoms with van der Waals surface area (Å²) in [7, 11) is 0. The van der Waals surface area contributed by atoms with Crippen LogP contribution in [0.3, 0.4) is 0 Å². The van der Waals surface area contributed by atoms with Crippen molar-refractivity contribution in [3.05, 3.63) is 35.7 Å². The molecule has 0 aromatic heterocycles. The third-order valence-electron chi connectivity index (χ3n) is 1.63. The maximum absolute atomic E-state index is 11.5. The van der Waals surface area contributed by atoms with E-state index in [1.165, 1.54) is 0 Å². The molecule has 1 rings (SSSR count). The van der Waals surface area contributed by atoms with Crippen molar-refractivity contribution in [3.63, 3.8) is 0 Å². The molecule has 0 atom stereocenters. The molecule has 1 aromatic carbocycles. The summed E-state index contributed by atoms with van der Waals surface area (Å²) in [6, 6.07) is 9.29. The summed E-state index contributed by atoms with van der Waals surface area (Å²) in [4.78, 5) is 15.5. The van der Waals surface area contributed by atoms with Crippen molar-refractivity contribution >= 4 is 5.91 Å². The molecular weight excluding hydrogens is 169 g/mol. The minimum absolute atomic E-state index is 0. The molecule has 0 unspecified atom stereocenters. The fraction of sp³-hybridized carbons (Fsp3) is 0.364. The zero-order chi connectivity index (χ0) is 9.90. The summed E-state index contributed by atoms with van der Waals surface area (Å²) in [6.07, 6.45) is 0. The molecule has 3 heteroatoms. The Bertz CT molecular complexity index is 343. The predicted molar refractivity (Wildman–Crippen MR) is 52.1 cm³/mol. The molecule has 0 radical (unpaired) electrons. The summed E-state index contributed by atoms with van der Waals surface area (Å²) in [6.45, 7) is 5.59. The van der Waals surface area contributed by atoms with Crippen LogP contribution < -0.4 is 24.2 Å². The molecule has 2 nitrogen and oxygen atoms in total. The van der Waals surface area contributed by atoms with Gasteiger partial charge in [0.2, 0.25) is 5.91 Å². The Labute approximate surface area is 96.6 Å². The number of amides is 1. The average Bonchev–Trinajstić information content (AvgIpc) is 2.04. The summed E-state index contributed by atoms with van der Waals surface area (Å²) >= 11 is 0. The Morgan fingerprint density at radius 3 is 2.43 bits per heavy atom. The normalized spacial score (nSPS) is 10.2. The van der Waals surface area contributed by atoms with Gasteiger partial charge in [0, 0.05) is 5.41 Å². The topological polar surface area (TPSA) is 29.4 Å². The Balaban J connectivity index is 0.00000169. The third-order valence-corrected chi connectivity index (χ3v) is 1.63. The molecule has 0 spiro atoms. The van der Waals surface area contributed by atoms with Crippen molar-refractivity contribution in [2.75, 3.05) is 0 Å². The van der Waals surface area contributed by atoms with Crippen LogP contribution in [0.25, 0.3) is 0 Å². The molecule has 0 bridgehead atoms. The van der Waals surface area contributed by atoms with Gasteiger partial charge >= 0.3 is 18.9 Å².